The Balaban J connectivity index is 2.79. The quantitative estimate of drug-likeness (QED) is 0.336. The number of ether oxygens (including phenoxy) is 3. The maximum absolute atomic E-state index is 12.2. The summed E-state index contributed by atoms with van der Waals surface area (Å²) in [5.74, 6) is 0.376. The van der Waals surface area contributed by atoms with Crippen LogP contribution in [0.15, 0.2) is 24.3 Å². The highest BCUT2D eigenvalue weighted by molar-refractivity contribution is 6.73. The molecule has 0 fully saturated rings. The molecule has 0 saturated carbocycles. The molecule has 0 unspecified atom stereocenters. The van der Waals surface area contributed by atoms with E-state index in [0.29, 0.717) is 13.2 Å². The predicted octanol–water partition coefficient (Wildman–Crippen LogP) is 5.05. The van der Waals surface area contributed by atoms with Gasteiger partial charge in [0, 0.05) is 5.92 Å². The minimum atomic E-state index is -1.86. The summed E-state index contributed by atoms with van der Waals surface area (Å²) in [6.07, 6.45) is -0.199. The summed E-state index contributed by atoms with van der Waals surface area (Å²) in [5, 5.41) is 0. The minimum Gasteiger partial charge on any atom is -0.497 e. The second kappa shape index (κ2) is 12.2. The third-order valence-electron chi connectivity index (χ3n) is 5.75. The molecule has 0 radical (unpaired) electrons. The Bertz CT molecular complexity index is 563. The lowest BCUT2D eigenvalue weighted by Gasteiger charge is -2.38. The molecule has 28 heavy (non-hydrogen) atoms. The van der Waals surface area contributed by atoms with Gasteiger partial charge < -0.3 is 18.6 Å². The maximum Gasteiger partial charge on any atom is 0.310 e. The number of hydrogen-bond donors (Lipinski definition) is 0. The van der Waals surface area contributed by atoms with Crippen molar-refractivity contribution in [3.8, 4) is 5.75 Å². The zero-order chi connectivity index (χ0) is 21.2. The summed E-state index contributed by atoms with van der Waals surface area (Å²) in [6, 6.07) is 11.0. The molecule has 0 aliphatic heterocycles. The van der Waals surface area contributed by atoms with E-state index in [4.69, 9.17) is 18.6 Å². The molecule has 0 spiro atoms. The summed E-state index contributed by atoms with van der Waals surface area (Å²) < 4.78 is 22.8. The number of benzene rings is 1. The molecule has 1 aromatic carbocycles. The van der Waals surface area contributed by atoms with Gasteiger partial charge in [0.15, 0.2) is 8.32 Å². The summed E-state index contributed by atoms with van der Waals surface area (Å²) in [7, 11) is 1.23. The molecule has 0 amide bonds. The van der Waals surface area contributed by atoms with Crippen LogP contribution in [0, 0.1) is 11.8 Å². The van der Waals surface area contributed by atoms with E-state index in [1.807, 2.05) is 31.2 Å². The number of hydrogen-bond acceptors (Lipinski definition) is 5. The first-order valence-electron chi connectivity index (χ1n) is 10.3. The molecule has 160 valence electrons. The van der Waals surface area contributed by atoms with Crippen molar-refractivity contribution in [2.24, 2.45) is 11.8 Å². The van der Waals surface area contributed by atoms with E-state index in [1.165, 1.54) is 7.11 Å². The van der Waals surface area contributed by atoms with Gasteiger partial charge in [-0.25, -0.2) is 0 Å². The highest BCUT2D eigenvalue weighted by Gasteiger charge is 2.38. The summed E-state index contributed by atoms with van der Waals surface area (Å²) in [4.78, 5) is 12.2. The van der Waals surface area contributed by atoms with Gasteiger partial charge in [0.25, 0.3) is 0 Å². The van der Waals surface area contributed by atoms with Crippen LogP contribution < -0.4 is 4.74 Å². The molecule has 0 aliphatic rings. The van der Waals surface area contributed by atoms with Gasteiger partial charge in [0.2, 0.25) is 0 Å². The van der Waals surface area contributed by atoms with E-state index in [0.717, 1.165) is 29.4 Å². The first kappa shape index (κ1) is 24.7. The molecule has 0 saturated heterocycles. The molecule has 3 atom stereocenters. The normalized spacial score (nSPS) is 15.0. The molecule has 0 bridgehead atoms. The maximum atomic E-state index is 12.2. The van der Waals surface area contributed by atoms with Crippen molar-refractivity contribution >= 4 is 14.3 Å². The Hall–Kier alpha value is -1.37. The van der Waals surface area contributed by atoms with Crippen molar-refractivity contribution in [1.29, 1.82) is 0 Å². The average Bonchev–Trinajstić information content (AvgIpc) is 2.74. The van der Waals surface area contributed by atoms with Crippen molar-refractivity contribution in [2.45, 2.75) is 65.5 Å². The van der Waals surface area contributed by atoms with E-state index in [2.05, 4.69) is 27.7 Å². The van der Waals surface area contributed by atoms with Crippen molar-refractivity contribution < 1.29 is 23.4 Å². The van der Waals surface area contributed by atoms with Crippen molar-refractivity contribution in [2.75, 3.05) is 20.8 Å². The van der Waals surface area contributed by atoms with Crippen molar-refractivity contribution in [3.05, 3.63) is 29.8 Å². The fourth-order valence-electron chi connectivity index (χ4n) is 3.50. The Labute approximate surface area is 171 Å². The number of methoxy groups -OCH3 is 2. The highest BCUT2D eigenvalue weighted by Crippen LogP contribution is 2.30. The fraction of sp³-hybridized carbons (Fsp3) is 0.682. The van der Waals surface area contributed by atoms with E-state index >= 15 is 0 Å². The lowest BCUT2D eigenvalue weighted by Crippen LogP contribution is -2.47. The lowest BCUT2D eigenvalue weighted by atomic mass is 9.94. The van der Waals surface area contributed by atoms with Gasteiger partial charge >= 0.3 is 5.97 Å². The zero-order valence-electron chi connectivity index (χ0n) is 18.6. The van der Waals surface area contributed by atoms with Crippen LogP contribution in [0.4, 0.5) is 0 Å². The van der Waals surface area contributed by atoms with Crippen LogP contribution in [0.25, 0.3) is 0 Å². The van der Waals surface area contributed by atoms with Crippen LogP contribution in [0.2, 0.25) is 18.1 Å². The van der Waals surface area contributed by atoms with E-state index in [1.54, 1.807) is 7.11 Å². The van der Waals surface area contributed by atoms with Gasteiger partial charge in [0.1, 0.15) is 5.75 Å². The van der Waals surface area contributed by atoms with E-state index in [-0.39, 0.29) is 23.9 Å². The second-order valence-corrected chi connectivity index (χ2v) is 12.2. The third kappa shape index (κ3) is 6.90. The number of rotatable bonds is 13. The Morgan fingerprint density at radius 3 is 2.04 bits per heavy atom. The predicted molar refractivity (Wildman–Crippen MR) is 115 cm³/mol. The summed E-state index contributed by atoms with van der Waals surface area (Å²) >= 11 is 0. The molecule has 5 nitrogen and oxygen atoms in total. The van der Waals surface area contributed by atoms with Crippen LogP contribution in [0.1, 0.15) is 40.2 Å². The molecule has 0 aliphatic carbocycles. The largest absolute Gasteiger partial charge is 0.497 e. The average molecular weight is 411 g/mol. The molecular formula is C22H38O5Si. The summed E-state index contributed by atoms with van der Waals surface area (Å²) in [6.45, 7) is 11.6. The first-order chi connectivity index (χ1) is 13.4. The monoisotopic (exact) mass is 410 g/mol. The SMILES string of the molecule is CC[Si](CC)(CC)O[C@@H]([C@@H](C)COCc1ccc(OC)cc1)[C@@H](C)C(=O)OC. The molecule has 1 rings (SSSR count). The van der Waals surface area contributed by atoms with Crippen LogP contribution in [-0.4, -0.2) is 41.2 Å². The molecule has 0 heterocycles. The van der Waals surface area contributed by atoms with E-state index in [9.17, 15) is 4.79 Å². The first-order valence-corrected chi connectivity index (χ1v) is 12.9. The standard InChI is InChI=1S/C22H38O5Si/c1-8-28(9-2,10-3)27-21(18(5)22(23)25-7)17(4)15-26-16-19-11-13-20(24-6)14-12-19/h11-14,17-18,21H,8-10,15-16H2,1-7H3/t17-,18+,21-/m0/s1. The number of esters is 1. The molecule has 6 heteroatoms. The van der Waals surface area contributed by atoms with Crippen LogP contribution in [0.5, 0.6) is 5.75 Å². The lowest BCUT2D eigenvalue weighted by molar-refractivity contribution is -0.149. The van der Waals surface area contributed by atoms with Crippen LogP contribution in [-0.2, 0) is 25.3 Å². The topological polar surface area (TPSA) is 54.0 Å². The van der Waals surface area contributed by atoms with Gasteiger partial charge in [-0.05, 0) is 42.8 Å². The molecule has 0 aromatic heterocycles. The Morgan fingerprint density at radius 1 is 1.00 bits per heavy atom. The van der Waals surface area contributed by atoms with Gasteiger partial charge in [-0.2, -0.15) is 0 Å². The van der Waals surface area contributed by atoms with E-state index < -0.39 is 8.32 Å². The van der Waals surface area contributed by atoms with Crippen LogP contribution >= 0.6 is 0 Å². The molecule has 1 aromatic rings. The highest BCUT2D eigenvalue weighted by atomic mass is 28.4. The van der Waals surface area contributed by atoms with Crippen molar-refractivity contribution in [1.82, 2.24) is 0 Å². The number of carbonyl (C=O) groups excluding carboxylic acids is 1. The Kier molecular flexibility index (Phi) is 10.8. The summed E-state index contributed by atoms with van der Waals surface area (Å²) in [5.41, 5.74) is 1.09. The van der Waals surface area contributed by atoms with Crippen molar-refractivity contribution in [3.63, 3.8) is 0 Å². The smallest absolute Gasteiger partial charge is 0.310 e. The third-order valence-corrected chi connectivity index (χ3v) is 10.4. The van der Waals surface area contributed by atoms with Gasteiger partial charge in [0.05, 0.1) is 39.5 Å². The Morgan fingerprint density at radius 2 is 1.57 bits per heavy atom. The molecule has 0 N–H and O–H groups in total. The second-order valence-electron chi connectivity index (χ2n) is 7.48. The van der Waals surface area contributed by atoms with Gasteiger partial charge in [-0.1, -0.05) is 39.8 Å². The van der Waals surface area contributed by atoms with Gasteiger partial charge in [-0.15, -0.1) is 0 Å². The molecular weight excluding hydrogens is 372 g/mol. The fourth-order valence-corrected chi connectivity index (χ4v) is 6.51. The number of carbonyl (C=O) groups is 1. The minimum absolute atomic E-state index is 0.0869. The van der Waals surface area contributed by atoms with Gasteiger partial charge in [-0.3, -0.25) is 4.79 Å². The van der Waals surface area contributed by atoms with Crippen LogP contribution in [0.3, 0.4) is 0 Å². The zero-order valence-corrected chi connectivity index (χ0v) is 19.6.